The number of esters is 1. The minimum atomic E-state index is -4.26. The third kappa shape index (κ3) is 5.11. The van der Waals surface area contributed by atoms with Gasteiger partial charge in [-0.15, -0.1) is 0 Å². The summed E-state index contributed by atoms with van der Waals surface area (Å²) in [7, 11) is -4.26. The molecule has 0 aromatic heterocycles. The zero-order valence-corrected chi connectivity index (χ0v) is 17.6. The van der Waals surface area contributed by atoms with E-state index in [1.54, 1.807) is 38.1 Å². The lowest BCUT2D eigenvalue weighted by atomic mass is 10.0. The number of rotatable bonds is 8. The first kappa shape index (κ1) is 22.4. The molecule has 2 aromatic carbocycles. The third-order valence-electron chi connectivity index (χ3n) is 4.38. The van der Waals surface area contributed by atoms with Crippen molar-refractivity contribution in [2.45, 2.75) is 38.5 Å². The maximum absolute atomic E-state index is 13.4. The van der Waals surface area contributed by atoms with E-state index in [2.05, 4.69) is 0 Å². The number of nitrogens with zero attached hydrogens (tertiary/aromatic N) is 2. The second-order valence-corrected chi connectivity index (χ2v) is 8.60. The Morgan fingerprint density at radius 3 is 2.31 bits per heavy atom. The number of sulfonamides is 1. The van der Waals surface area contributed by atoms with Crippen LogP contribution in [0.1, 0.15) is 37.8 Å². The topological polar surface area (TPSA) is 107 Å². The molecule has 0 bridgehead atoms. The molecule has 0 aliphatic heterocycles. The van der Waals surface area contributed by atoms with Gasteiger partial charge in [-0.05, 0) is 43.0 Å². The molecule has 0 heterocycles. The van der Waals surface area contributed by atoms with Gasteiger partial charge in [0.05, 0.1) is 22.1 Å². The Labute approximate surface area is 170 Å². The predicted octanol–water partition coefficient (Wildman–Crippen LogP) is 3.79. The molecule has 0 aliphatic rings. The predicted molar refractivity (Wildman–Crippen MR) is 110 cm³/mol. The van der Waals surface area contributed by atoms with Crippen LogP contribution < -0.4 is 4.31 Å². The van der Waals surface area contributed by atoms with Gasteiger partial charge < -0.3 is 4.74 Å². The molecule has 9 heteroatoms. The van der Waals surface area contributed by atoms with Crippen LogP contribution in [0.25, 0.3) is 0 Å². The lowest BCUT2D eigenvalue weighted by molar-refractivity contribution is -0.385. The highest BCUT2D eigenvalue weighted by molar-refractivity contribution is 7.93. The zero-order chi connectivity index (χ0) is 21.8. The summed E-state index contributed by atoms with van der Waals surface area (Å²) in [4.78, 5) is 22.3. The van der Waals surface area contributed by atoms with E-state index in [1.807, 2.05) is 13.8 Å². The molecular weight excluding hydrogens is 396 g/mol. The van der Waals surface area contributed by atoms with Crippen LogP contribution in [0.4, 0.5) is 11.4 Å². The number of nitro benzene ring substituents is 1. The summed E-state index contributed by atoms with van der Waals surface area (Å²) in [5.41, 5.74) is 1.27. The molecule has 2 aromatic rings. The van der Waals surface area contributed by atoms with Crippen LogP contribution in [0.2, 0.25) is 0 Å². The first-order chi connectivity index (χ1) is 13.6. The van der Waals surface area contributed by atoms with Crippen molar-refractivity contribution in [3.8, 4) is 0 Å². The van der Waals surface area contributed by atoms with Crippen molar-refractivity contribution in [1.82, 2.24) is 0 Å². The van der Waals surface area contributed by atoms with Gasteiger partial charge in [-0.3, -0.25) is 19.2 Å². The van der Waals surface area contributed by atoms with E-state index in [9.17, 15) is 23.3 Å². The molecule has 0 spiro atoms. The Morgan fingerprint density at radius 2 is 1.79 bits per heavy atom. The maximum atomic E-state index is 13.4. The fraction of sp³-hybridized carbons (Fsp3) is 0.350. The highest BCUT2D eigenvalue weighted by Gasteiger charge is 2.30. The first-order valence-corrected chi connectivity index (χ1v) is 10.5. The Bertz CT molecular complexity index is 1000. The second kappa shape index (κ2) is 9.04. The number of non-ortho nitro benzene ring substituents is 1. The number of carbonyl (C=O) groups excluding carboxylic acids is 1. The fourth-order valence-electron chi connectivity index (χ4n) is 2.76. The summed E-state index contributed by atoms with van der Waals surface area (Å²) in [5.74, 6) is -0.467. The van der Waals surface area contributed by atoms with Gasteiger partial charge in [0.1, 0.15) is 6.54 Å². The Morgan fingerprint density at radius 1 is 1.17 bits per heavy atom. The van der Waals surface area contributed by atoms with Gasteiger partial charge in [0.25, 0.3) is 15.7 Å². The number of hydrogen-bond acceptors (Lipinski definition) is 6. The number of hydrogen-bond donors (Lipinski definition) is 0. The summed E-state index contributed by atoms with van der Waals surface area (Å²) >= 11 is 0. The van der Waals surface area contributed by atoms with Crippen LogP contribution in [0.15, 0.2) is 47.4 Å². The SMILES string of the molecule is CCOC(=O)CN(c1ccc(C(C)C)cc1)S(=O)(=O)c1cc([N+](=O)[O-])ccc1C. The molecule has 0 unspecified atom stereocenters. The number of aryl methyl sites for hydroxylation is 1. The average molecular weight is 420 g/mol. The molecule has 0 radical (unpaired) electrons. The van der Waals surface area contributed by atoms with E-state index in [0.717, 1.165) is 15.9 Å². The lowest BCUT2D eigenvalue weighted by Gasteiger charge is -2.24. The average Bonchev–Trinajstić information content (AvgIpc) is 2.66. The van der Waals surface area contributed by atoms with E-state index in [4.69, 9.17) is 4.74 Å². The van der Waals surface area contributed by atoms with Crippen molar-refractivity contribution < 1.29 is 22.9 Å². The van der Waals surface area contributed by atoms with Crippen LogP contribution in [0, 0.1) is 17.0 Å². The van der Waals surface area contributed by atoms with E-state index in [-0.39, 0.29) is 28.8 Å². The van der Waals surface area contributed by atoms with Crippen LogP contribution in [0.5, 0.6) is 0 Å². The molecule has 2 rings (SSSR count). The monoisotopic (exact) mass is 420 g/mol. The molecule has 0 saturated carbocycles. The molecule has 0 amide bonds. The smallest absolute Gasteiger partial charge is 0.326 e. The number of benzene rings is 2. The van der Waals surface area contributed by atoms with Gasteiger partial charge in [-0.2, -0.15) is 0 Å². The maximum Gasteiger partial charge on any atom is 0.326 e. The fourth-order valence-corrected chi connectivity index (χ4v) is 4.42. The molecule has 0 atom stereocenters. The standard InChI is InChI=1S/C20H24N2O6S/c1-5-28-20(23)13-21(17-10-7-16(8-11-17)14(2)3)29(26,27)19-12-18(22(24)25)9-6-15(19)4/h6-12,14H,5,13H2,1-4H3. The zero-order valence-electron chi connectivity index (χ0n) is 16.8. The van der Waals surface area contributed by atoms with Crippen molar-refractivity contribution in [2.24, 2.45) is 0 Å². The lowest BCUT2D eigenvalue weighted by Crippen LogP contribution is -2.37. The third-order valence-corrected chi connectivity index (χ3v) is 6.29. The van der Waals surface area contributed by atoms with Crippen molar-refractivity contribution in [3.05, 3.63) is 63.7 Å². The summed E-state index contributed by atoms with van der Waals surface area (Å²) in [6.07, 6.45) is 0. The highest BCUT2D eigenvalue weighted by atomic mass is 32.2. The largest absolute Gasteiger partial charge is 0.465 e. The molecule has 8 nitrogen and oxygen atoms in total. The van der Waals surface area contributed by atoms with Crippen molar-refractivity contribution >= 4 is 27.4 Å². The Hall–Kier alpha value is -2.94. The molecule has 0 fully saturated rings. The van der Waals surface area contributed by atoms with E-state index < -0.39 is 27.5 Å². The van der Waals surface area contributed by atoms with Crippen molar-refractivity contribution in [1.29, 1.82) is 0 Å². The van der Waals surface area contributed by atoms with E-state index in [0.29, 0.717) is 5.56 Å². The van der Waals surface area contributed by atoms with Gasteiger partial charge >= 0.3 is 5.97 Å². The highest BCUT2D eigenvalue weighted by Crippen LogP contribution is 2.29. The van der Waals surface area contributed by atoms with Crippen LogP contribution in [0.3, 0.4) is 0 Å². The molecule has 0 saturated heterocycles. The minimum absolute atomic E-state index is 0.106. The van der Waals surface area contributed by atoms with Gasteiger partial charge in [0.15, 0.2) is 0 Å². The molecule has 0 aliphatic carbocycles. The van der Waals surface area contributed by atoms with E-state index in [1.165, 1.54) is 12.1 Å². The van der Waals surface area contributed by atoms with Gasteiger partial charge in [-0.25, -0.2) is 8.42 Å². The second-order valence-electron chi connectivity index (χ2n) is 6.77. The number of ether oxygens (including phenoxy) is 1. The van der Waals surface area contributed by atoms with Crippen LogP contribution >= 0.6 is 0 Å². The van der Waals surface area contributed by atoms with Crippen LogP contribution in [-0.2, 0) is 19.6 Å². The van der Waals surface area contributed by atoms with Crippen molar-refractivity contribution in [2.75, 3.05) is 17.5 Å². The number of anilines is 1. The Kier molecular flexibility index (Phi) is 6.97. The van der Waals surface area contributed by atoms with Gasteiger partial charge in [0, 0.05) is 12.1 Å². The molecule has 29 heavy (non-hydrogen) atoms. The molecule has 156 valence electrons. The van der Waals surface area contributed by atoms with Gasteiger partial charge in [-0.1, -0.05) is 32.0 Å². The van der Waals surface area contributed by atoms with Crippen LogP contribution in [-0.4, -0.2) is 32.5 Å². The summed E-state index contributed by atoms with van der Waals surface area (Å²) in [5, 5.41) is 11.1. The van der Waals surface area contributed by atoms with E-state index >= 15 is 0 Å². The number of carbonyl (C=O) groups is 1. The first-order valence-electron chi connectivity index (χ1n) is 9.11. The molecule has 0 N–H and O–H groups in total. The van der Waals surface area contributed by atoms with Crippen molar-refractivity contribution in [3.63, 3.8) is 0 Å². The summed E-state index contributed by atoms with van der Waals surface area (Å²) in [6, 6.07) is 10.4. The number of nitro groups is 1. The summed E-state index contributed by atoms with van der Waals surface area (Å²) < 4.78 is 32.6. The molecular formula is C20H24N2O6S. The summed E-state index contributed by atoms with van der Waals surface area (Å²) in [6.45, 7) is 6.75. The minimum Gasteiger partial charge on any atom is -0.465 e. The van der Waals surface area contributed by atoms with Gasteiger partial charge in [0.2, 0.25) is 0 Å². The normalized spacial score (nSPS) is 11.3. The Balaban J connectivity index is 2.59. The quantitative estimate of drug-likeness (QED) is 0.365.